The molecule has 3 nitrogen and oxygen atoms in total. The Bertz CT molecular complexity index is 3690. The number of hydrogen-bond acceptors (Lipinski definition) is 4. The minimum absolute atomic E-state index is 0.00243. The van der Waals surface area contributed by atoms with Crippen LogP contribution >= 0.6 is 11.3 Å². The molecule has 0 spiro atoms. The summed E-state index contributed by atoms with van der Waals surface area (Å²) in [4.78, 5) is 7.82. The predicted octanol–water partition coefficient (Wildman–Crippen LogP) is 17.2. The molecule has 8 aromatic carbocycles. The normalized spacial score (nSPS) is 17.5. The minimum atomic E-state index is -0.00243. The molecular formula is C67H66BN3S. The van der Waals surface area contributed by atoms with Crippen LogP contribution in [0.3, 0.4) is 0 Å². The molecule has 2 aliphatic heterocycles. The van der Waals surface area contributed by atoms with Gasteiger partial charge in [0.25, 0.3) is 6.71 Å². The molecule has 2 aliphatic carbocycles. The van der Waals surface area contributed by atoms with Crippen LogP contribution in [-0.4, -0.2) is 6.71 Å². The van der Waals surface area contributed by atoms with Gasteiger partial charge < -0.3 is 14.7 Å². The van der Waals surface area contributed by atoms with Gasteiger partial charge in [-0.05, 0) is 202 Å². The van der Waals surface area contributed by atoms with E-state index in [9.17, 15) is 0 Å². The van der Waals surface area contributed by atoms with Gasteiger partial charge in [-0.2, -0.15) is 0 Å². The van der Waals surface area contributed by atoms with E-state index in [4.69, 9.17) is 0 Å². The number of benzene rings is 8. The third-order valence-corrected chi connectivity index (χ3v) is 19.0. The quantitative estimate of drug-likeness (QED) is 0.159. The van der Waals surface area contributed by atoms with Gasteiger partial charge in [0.2, 0.25) is 0 Å². The lowest BCUT2D eigenvalue weighted by molar-refractivity contribution is 0.332. The van der Waals surface area contributed by atoms with E-state index in [1.54, 1.807) is 0 Å². The molecule has 358 valence electrons. The van der Waals surface area contributed by atoms with Crippen LogP contribution in [0.1, 0.15) is 120 Å². The summed E-state index contributed by atoms with van der Waals surface area (Å²) in [5, 5.41) is 2.62. The standard InChI is InChI=1S/C67H66BN3S/c1-41-34-59-63-60(35-41)71(45-24-27-49-50(37-45)65(6,7)31-30-64(49,4)5)58-40-52-51(66(8,9)32-33-67(52,10)11)39-54(58)68(63)53-28-25-46(69(55-21-15-12-18-42(55)2)56-22-16-13-19-43(56)3)38-57(53)70(59)44-26-29-62-48(36-44)47-20-14-17-23-61(47)72-62/h12-29,34-40H,30-33H2,1-11H3. The number of para-hydroxylation sites is 2. The molecule has 72 heavy (non-hydrogen) atoms. The Morgan fingerprint density at radius 3 is 1.58 bits per heavy atom. The fourth-order valence-corrected chi connectivity index (χ4v) is 14.6. The Kier molecular flexibility index (Phi) is 9.90. The molecule has 4 aliphatic rings. The maximum Gasteiger partial charge on any atom is 0.252 e. The van der Waals surface area contributed by atoms with Gasteiger partial charge in [0, 0.05) is 71.4 Å². The van der Waals surface area contributed by atoms with Crippen LogP contribution < -0.4 is 31.1 Å². The van der Waals surface area contributed by atoms with Crippen LogP contribution in [0.2, 0.25) is 0 Å². The Labute approximate surface area is 432 Å². The molecule has 13 rings (SSSR count). The van der Waals surface area contributed by atoms with Gasteiger partial charge in [0.15, 0.2) is 0 Å². The maximum atomic E-state index is 2.69. The van der Waals surface area contributed by atoms with Crippen molar-refractivity contribution in [2.45, 2.75) is 124 Å². The molecule has 1 aromatic heterocycles. The van der Waals surface area contributed by atoms with Crippen LogP contribution in [0, 0.1) is 20.8 Å². The van der Waals surface area contributed by atoms with Crippen LogP contribution in [0.5, 0.6) is 0 Å². The molecule has 0 unspecified atom stereocenters. The van der Waals surface area contributed by atoms with Crippen molar-refractivity contribution in [3.05, 3.63) is 191 Å². The molecule has 0 saturated heterocycles. The monoisotopic (exact) mass is 956 g/mol. The van der Waals surface area contributed by atoms with E-state index in [-0.39, 0.29) is 28.4 Å². The van der Waals surface area contributed by atoms with Gasteiger partial charge in [-0.25, -0.2) is 0 Å². The molecule has 0 amide bonds. The van der Waals surface area contributed by atoms with Gasteiger partial charge in [0.05, 0.1) is 0 Å². The summed E-state index contributed by atoms with van der Waals surface area (Å²) in [5.74, 6) is 0. The molecule has 0 N–H and O–H groups in total. The number of thiophene rings is 1. The van der Waals surface area contributed by atoms with Gasteiger partial charge >= 0.3 is 0 Å². The molecular weight excluding hydrogens is 890 g/mol. The van der Waals surface area contributed by atoms with Crippen LogP contribution in [0.25, 0.3) is 20.2 Å². The van der Waals surface area contributed by atoms with Crippen molar-refractivity contribution in [2.75, 3.05) is 14.7 Å². The van der Waals surface area contributed by atoms with E-state index in [1.807, 2.05) is 11.3 Å². The zero-order chi connectivity index (χ0) is 49.8. The van der Waals surface area contributed by atoms with Crippen molar-refractivity contribution in [2.24, 2.45) is 0 Å². The summed E-state index contributed by atoms with van der Waals surface area (Å²) >= 11 is 1.89. The van der Waals surface area contributed by atoms with Crippen LogP contribution in [-0.2, 0) is 21.7 Å². The van der Waals surface area contributed by atoms with Crippen molar-refractivity contribution >= 4 is 106 Å². The number of anilines is 9. The summed E-state index contributed by atoms with van der Waals surface area (Å²) in [6, 6.07) is 59.1. The molecule has 5 heteroatoms. The lowest BCUT2D eigenvalue weighted by Gasteiger charge is -2.48. The third-order valence-electron chi connectivity index (χ3n) is 17.9. The first kappa shape index (κ1) is 45.3. The van der Waals surface area contributed by atoms with Crippen molar-refractivity contribution in [1.29, 1.82) is 0 Å². The lowest BCUT2D eigenvalue weighted by atomic mass is 9.33. The Morgan fingerprint density at radius 1 is 0.431 bits per heavy atom. The second-order valence-electron chi connectivity index (χ2n) is 24.5. The lowest BCUT2D eigenvalue weighted by Crippen LogP contribution is -2.62. The first-order valence-corrected chi connectivity index (χ1v) is 27.3. The molecule has 0 radical (unpaired) electrons. The summed E-state index contributed by atoms with van der Waals surface area (Å²) in [7, 11) is 0. The van der Waals surface area contributed by atoms with Crippen molar-refractivity contribution in [3.63, 3.8) is 0 Å². The zero-order valence-electron chi connectivity index (χ0n) is 44.1. The third kappa shape index (κ3) is 6.75. The van der Waals surface area contributed by atoms with E-state index >= 15 is 0 Å². The first-order chi connectivity index (χ1) is 34.4. The summed E-state index contributed by atoms with van der Waals surface area (Å²) in [5.41, 5.74) is 25.1. The van der Waals surface area contributed by atoms with Gasteiger partial charge in [-0.1, -0.05) is 128 Å². The Morgan fingerprint density at radius 2 is 0.944 bits per heavy atom. The second kappa shape index (κ2) is 15.7. The first-order valence-electron chi connectivity index (χ1n) is 26.5. The average Bonchev–Trinajstić information content (AvgIpc) is 3.73. The van der Waals surface area contributed by atoms with Crippen LogP contribution in [0.4, 0.5) is 51.2 Å². The van der Waals surface area contributed by atoms with Gasteiger partial charge in [-0.3, -0.25) is 0 Å². The SMILES string of the molecule is Cc1cc2c3c(c1)N(c1ccc4c(c1)C(C)(C)CCC4(C)C)c1cc4c(cc1B3c1ccc(N(c3ccccc3C)c3ccccc3C)cc1N2c1ccc2sc3ccccc3c2c1)C(C)(C)CCC4(C)C. The average molecular weight is 956 g/mol. The Balaban J connectivity index is 1.13. The molecule has 0 atom stereocenters. The molecule has 0 fully saturated rings. The largest absolute Gasteiger partial charge is 0.311 e. The smallest absolute Gasteiger partial charge is 0.252 e. The molecule has 0 saturated carbocycles. The predicted molar refractivity (Wildman–Crippen MR) is 313 cm³/mol. The topological polar surface area (TPSA) is 9.72 Å². The van der Waals surface area contributed by atoms with E-state index in [0.29, 0.717) is 0 Å². The van der Waals surface area contributed by atoms with E-state index in [0.717, 1.165) is 12.1 Å². The van der Waals surface area contributed by atoms with E-state index in [1.165, 1.54) is 140 Å². The van der Waals surface area contributed by atoms with E-state index in [2.05, 4.69) is 243 Å². The molecule has 3 heterocycles. The summed E-state index contributed by atoms with van der Waals surface area (Å²) in [6.45, 7) is 26.6. The summed E-state index contributed by atoms with van der Waals surface area (Å²) in [6.07, 6.45) is 4.70. The molecule has 0 bridgehead atoms. The summed E-state index contributed by atoms with van der Waals surface area (Å²) < 4.78 is 2.64. The van der Waals surface area contributed by atoms with Gasteiger partial charge in [-0.15, -0.1) is 11.3 Å². The minimum Gasteiger partial charge on any atom is -0.311 e. The van der Waals surface area contributed by atoms with Crippen molar-refractivity contribution in [1.82, 2.24) is 0 Å². The molecule has 9 aromatic rings. The highest BCUT2D eigenvalue weighted by Gasteiger charge is 2.47. The number of rotatable bonds is 5. The van der Waals surface area contributed by atoms with Crippen LogP contribution in [0.15, 0.2) is 152 Å². The maximum absolute atomic E-state index is 2.69. The fourth-order valence-electron chi connectivity index (χ4n) is 13.5. The van der Waals surface area contributed by atoms with Gasteiger partial charge in [0.1, 0.15) is 0 Å². The number of fused-ring (bicyclic) bond motifs is 9. The highest BCUT2D eigenvalue weighted by atomic mass is 32.1. The number of aryl methyl sites for hydroxylation is 3. The fraction of sp³-hybridized carbons (Fsp3) is 0.284. The highest BCUT2D eigenvalue weighted by molar-refractivity contribution is 7.25. The second-order valence-corrected chi connectivity index (χ2v) is 25.6. The van der Waals surface area contributed by atoms with Crippen molar-refractivity contribution in [3.8, 4) is 0 Å². The Hall–Kier alpha value is -6.56. The van der Waals surface area contributed by atoms with Crippen molar-refractivity contribution < 1.29 is 0 Å². The highest BCUT2D eigenvalue weighted by Crippen LogP contribution is 2.54. The number of hydrogen-bond donors (Lipinski definition) is 0. The zero-order valence-corrected chi connectivity index (χ0v) is 44.9. The van der Waals surface area contributed by atoms with E-state index < -0.39 is 0 Å². The number of nitrogens with zero attached hydrogens (tertiary/aromatic N) is 3.